The molecule has 0 heterocycles. The van der Waals surface area contributed by atoms with Gasteiger partial charge in [-0.3, -0.25) is 10.1 Å². The Kier molecular flexibility index (Phi) is 6.32. The van der Waals surface area contributed by atoms with Crippen LogP contribution in [-0.4, -0.2) is 17.0 Å². The first-order valence-corrected chi connectivity index (χ1v) is 8.14. The number of hydrogen-bond acceptors (Lipinski definition) is 5. The maximum absolute atomic E-state index is 12.2. The first-order chi connectivity index (χ1) is 12.2. The van der Waals surface area contributed by atoms with Gasteiger partial charge < -0.3 is 9.47 Å². The Morgan fingerprint density at radius 3 is 2.38 bits per heavy atom. The number of nitro groups is 1. The highest BCUT2D eigenvalue weighted by atomic mass is 35.5. The van der Waals surface area contributed by atoms with Crippen LogP contribution in [0.2, 0.25) is 15.1 Å². The molecular weight excluding hydrogens is 405 g/mol. The highest BCUT2D eigenvalue weighted by Gasteiger charge is 2.24. The van der Waals surface area contributed by atoms with Gasteiger partial charge in [0.15, 0.2) is 11.9 Å². The third-order valence-corrected chi connectivity index (χ3v) is 3.87. The molecule has 0 amide bonds. The topological polar surface area (TPSA) is 78.7 Å². The van der Waals surface area contributed by atoms with Crippen LogP contribution in [0, 0.1) is 22.5 Å². The van der Waals surface area contributed by atoms with Crippen LogP contribution in [0.5, 0.6) is 11.5 Å². The largest absolute Gasteiger partial charge is 0.454 e. The Morgan fingerprint density at radius 1 is 1.23 bits per heavy atom. The summed E-state index contributed by atoms with van der Waals surface area (Å²) < 4.78 is 10.5. The molecular formula is C17H10Cl3NO5. The fourth-order valence-electron chi connectivity index (χ4n) is 1.90. The Morgan fingerprint density at radius 2 is 1.85 bits per heavy atom. The SMILES string of the molecule is C#CC(C)OC(=O)c1cc(Oc2c(Cl)cc(Cl)cc2Cl)ccc1[N+](=O)[O-]. The summed E-state index contributed by atoms with van der Waals surface area (Å²) in [7, 11) is 0. The number of hydrogen-bond donors (Lipinski definition) is 0. The van der Waals surface area contributed by atoms with Crippen LogP contribution in [0.3, 0.4) is 0 Å². The second kappa shape index (κ2) is 8.28. The summed E-state index contributed by atoms with van der Waals surface area (Å²) in [5.74, 6) is 1.41. The van der Waals surface area contributed by atoms with Crippen LogP contribution >= 0.6 is 34.8 Å². The van der Waals surface area contributed by atoms with Crippen LogP contribution in [0.1, 0.15) is 17.3 Å². The van der Waals surface area contributed by atoms with Gasteiger partial charge in [0, 0.05) is 17.2 Å². The fraction of sp³-hybridized carbons (Fsp3) is 0.118. The van der Waals surface area contributed by atoms with Gasteiger partial charge in [0.1, 0.15) is 11.3 Å². The van der Waals surface area contributed by atoms with Gasteiger partial charge >= 0.3 is 5.97 Å². The third-order valence-electron chi connectivity index (χ3n) is 3.09. The summed E-state index contributed by atoms with van der Waals surface area (Å²) >= 11 is 17.9. The number of ether oxygens (including phenoxy) is 2. The average molecular weight is 415 g/mol. The van der Waals surface area contributed by atoms with E-state index in [0.717, 1.165) is 12.1 Å². The minimum Gasteiger partial charge on any atom is -0.454 e. The van der Waals surface area contributed by atoms with Crippen molar-refractivity contribution in [2.45, 2.75) is 13.0 Å². The zero-order valence-corrected chi connectivity index (χ0v) is 15.4. The highest BCUT2D eigenvalue weighted by Crippen LogP contribution is 2.39. The molecule has 0 saturated carbocycles. The monoisotopic (exact) mass is 413 g/mol. The molecule has 0 fully saturated rings. The molecule has 2 aromatic carbocycles. The number of esters is 1. The predicted octanol–water partition coefficient (Wildman–Crippen LogP) is 5.53. The lowest BCUT2D eigenvalue weighted by atomic mass is 10.1. The average Bonchev–Trinajstić information content (AvgIpc) is 2.57. The quantitative estimate of drug-likeness (QED) is 0.278. The molecule has 6 nitrogen and oxygen atoms in total. The van der Waals surface area contributed by atoms with E-state index in [0.29, 0.717) is 5.02 Å². The highest BCUT2D eigenvalue weighted by molar-refractivity contribution is 6.40. The van der Waals surface area contributed by atoms with E-state index >= 15 is 0 Å². The zero-order chi connectivity index (χ0) is 19.4. The molecule has 1 atom stereocenters. The van der Waals surface area contributed by atoms with Crippen molar-refractivity contribution in [3.63, 3.8) is 0 Å². The Labute approximate surface area is 163 Å². The molecule has 0 N–H and O–H groups in total. The number of halogens is 3. The van der Waals surface area contributed by atoms with Crippen molar-refractivity contribution in [3.05, 3.63) is 61.1 Å². The van der Waals surface area contributed by atoms with Crippen LogP contribution in [-0.2, 0) is 4.74 Å². The van der Waals surface area contributed by atoms with Gasteiger partial charge in [0.05, 0.1) is 15.0 Å². The molecule has 0 radical (unpaired) electrons. The van der Waals surface area contributed by atoms with Crippen molar-refractivity contribution in [1.29, 1.82) is 0 Å². The van der Waals surface area contributed by atoms with E-state index in [1.807, 2.05) is 0 Å². The van der Waals surface area contributed by atoms with E-state index in [1.54, 1.807) is 0 Å². The van der Waals surface area contributed by atoms with E-state index < -0.39 is 22.7 Å². The third kappa shape index (κ3) is 4.58. The van der Waals surface area contributed by atoms with Crippen LogP contribution in [0.25, 0.3) is 0 Å². The zero-order valence-electron chi connectivity index (χ0n) is 13.2. The number of carbonyl (C=O) groups excluding carboxylic acids is 1. The Hall–Kier alpha value is -2.46. The van der Waals surface area contributed by atoms with E-state index in [2.05, 4.69) is 5.92 Å². The molecule has 9 heteroatoms. The van der Waals surface area contributed by atoms with Gasteiger partial charge in [-0.1, -0.05) is 40.7 Å². The van der Waals surface area contributed by atoms with Crippen molar-refractivity contribution >= 4 is 46.5 Å². The molecule has 134 valence electrons. The van der Waals surface area contributed by atoms with E-state index in [4.69, 9.17) is 50.7 Å². The van der Waals surface area contributed by atoms with Gasteiger partial charge in [-0.25, -0.2) is 4.79 Å². The Balaban J connectivity index is 2.43. The predicted molar refractivity (Wildman–Crippen MR) is 98.4 cm³/mol. The summed E-state index contributed by atoms with van der Waals surface area (Å²) in [6.45, 7) is 1.46. The van der Waals surface area contributed by atoms with Crippen molar-refractivity contribution in [3.8, 4) is 23.8 Å². The number of nitrogens with zero attached hydrogens (tertiary/aromatic N) is 1. The molecule has 0 aliphatic heterocycles. The summed E-state index contributed by atoms with van der Waals surface area (Å²) in [5, 5.41) is 11.7. The number of benzene rings is 2. The Bertz CT molecular complexity index is 900. The lowest BCUT2D eigenvalue weighted by molar-refractivity contribution is -0.385. The van der Waals surface area contributed by atoms with Crippen LogP contribution in [0.15, 0.2) is 30.3 Å². The van der Waals surface area contributed by atoms with Gasteiger partial charge in [-0.05, 0) is 25.1 Å². The summed E-state index contributed by atoms with van der Waals surface area (Å²) in [4.78, 5) is 22.6. The number of carbonyl (C=O) groups is 1. The van der Waals surface area contributed by atoms with E-state index in [9.17, 15) is 14.9 Å². The lowest BCUT2D eigenvalue weighted by Gasteiger charge is -2.12. The van der Waals surface area contributed by atoms with E-state index in [-0.39, 0.29) is 27.1 Å². The minimum absolute atomic E-state index is 0.0852. The first-order valence-electron chi connectivity index (χ1n) is 7.01. The van der Waals surface area contributed by atoms with E-state index in [1.165, 1.54) is 25.1 Å². The number of nitro benzene ring substituents is 1. The molecule has 0 aliphatic carbocycles. The van der Waals surface area contributed by atoms with Crippen LogP contribution < -0.4 is 4.74 Å². The number of rotatable bonds is 5. The molecule has 2 rings (SSSR count). The molecule has 0 aliphatic rings. The molecule has 26 heavy (non-hydrogen) atoms. The van der Waals surface area contributed by atoms with Gasteiger partial charge in [-0.2, -0.15) is 0 Å². The molecule has 0 saturated heterocycles. The summed E-state index contributed by atoms with van der Waals surface area (Å²) in [6.07, 6.45) is 4.29. The van der Waals surface area contributed by atoms with Gasteiger partial charge in [-0.15, -0.1) is 6.42 Å². The second-order valence-electron chi connectivity index (χ2n) is 4.95. The van der Waals surface area contributed by atoms with Crippen molar-refractivity contribution in [2.24, 2.45) is 0 Å². The second-order valence-corrected chi connectivity index (χ2v) is 6.20. The normalized spacial score (nSPS) is 11.3. The standard InChI is InChI=1S/C17H10Cl3NO5/c1-3-9(2)25-17(22)12-8-11(4-5-15(12)21(23)24)26-16-13(19)6-10(18)7-14(16)20/h1,4-9H,2H3. The minimum atomic E-state index is -0.958. The number of terminal acetylenes is 1. The lowest BCUT2D eigenvalue weighted by Crippen LogP contribution is -2.14. The summed E-state index contributed by atoms with van der Waals surface area (Å²) in [6, 6.07) is 6.37. The molecule has 0 spiro atoms. The van der Waals surface area contributed by atoms with Crippen molar-refractivity contribution < 1.29 is 19.2 Å². The van der Waals surface area contributed by atoms with Crippen LogP contribution in [0.4, 0.5) is 5.69 Å². The smallest absolute Gasteiger partial charge is 0.346 e. The molecule has 0 bridgehead atoms. The molecule has 1 unspecified atom stereocenters. The summed E-state index contributed by atoms with van der Waals surface area (Å²) in [5.41, 5.74) is -0.782. The maximum Gasteiger partial charge on any atom is 0.346 e. The maximum atomic E-state index is 12.2. The van der Waals surface area contributed by atoms with Gasteiger partial charge in [0.2, 0.25) is 0 Å². The molecule has 0 aromatic heterocycles. The first kappa shape index (κ1) is 19.9. The molecule has 2 aromatic rings. The van der Waals surface area contributed by atoms with Gasteiger partial charge in [0.25, 0.3) is 5.69 Å². The fourth-order valence-corrected chi connectivity index (χ4v) is 2.80. The van der Waals surface area contributed by atoms with Crippen molar-refractivity contribution in [2.75, 3.05) is 0 Å². The van der Waals surface area contributed by atoms with Crippen molar-refractivity contribution in [1.82, 2.24) is 0 Å².